The second kappa shape index (κ2) is 4.61. The van der Waals surface area contributed by atoms with Crippen LogP contribution in [0, 0.1) is 0 Å². The quantitative estimate of drug-likeness (QED) is 0.632. The Morgan fingerprint density at radius 3 is 2.50 bits per heavy atom. The van der Waals surface area contributed by atoms with Crippen molar-refractivity contribution in [1.29, 1.82) is 0 Å². The van der Waals surface area contributed by atoms with E-state index in [9.17, 15) is 13.2 Å². The van der Waals surface area contributed by atoms with Gasteiger partial charge in [-0.1, -0.05) is 22.0 Å². The van der Waals surface area contributed by atoms with Gasteiger partial charge in [-0.05, 0) is 31.4 Å². The number of isocyanates is 1. The van der Waals surface area contributed by atoms with Crippen molar-refractivity contribution >= 4 is 31.8 Å². The van der Waals surface area contributed by atoms with Crippen LogP contribution in [0.5, 0.6) is 0 Å². The molecular weight excluding hydrogens is 318 g/mol. The van der Waals surface area contributed by atoms with Crippen LogP contribution in [0.25, 0.3) is 0 Å². The van der Waals surface area contributed by atoms with E-state index >= 15 is 0 Å². The standard InChI is InChI=1S/C12H12BrNO3S/c1-18(16,17)10-5-2-4-9(13)11(10)12(14-8-15)6-3-7-12/h2,4-5H,3,6-7H2,1H3. The third-order valence-corrected chi connectivity index (χ3v) is 5.08. The van der Waals surface area contributed by atoms with Crippen LogP contribution in [0.3, 0.4) is 0 Å². The highest BCUT2D eigenvalue weighted by Gasteiger charge is 2.43. The van der Waals surface area contributed by atoms with Gasteiger partial charge < -0.3 is 0 Å². The van der Waals surface area contributed by atoms with Crippen molar-refractivity contribution < 1.29 is 13.2 Å². The van der Waals surface area contributed by atoms with Gasteiger partial charge in [0.1, 0.15) is 5.54 Å². The van der Waals surface area contributed by atoms with Crippen LogP contribution in [0.15, 0.2) is 32.6 Å². The van der Waals surface area contributed by atoms with E-state index in [2.05, 4.69) is 20.9 Å². The molecule has 2 rings (SSSR count). The molecule has 0 radical (unpaired) electrons. The van der Waals surface area contributed by atoms with Crippen molar-refractivity contribution in [1.82, 2.24) is 0 Å². The van der Waals surface area contributed by atoms with E-state index in [1.807, 2.05) is 0 Å². The lowest BCUT2D eigenvalue weighted by atomic mass is 9.72. The zero-order valence-electron chi connectivity index (χ0n) is 9.81. The first-order valence-electron chi connectivity index (χ1n) is 5.49. The summed E-state index contributed by atoms with van der Waals surface area (Å²) in [6.07, 6.45) is 5.01. The molecule has 0 atom stereocenters. The summed E-state index contributed by atoms with van der Waals surface area (Å²) < 4.78 is 24.3. The first-order chi connectivity index (χ1) is 8.41. The van der Waals surface area contributed by atoms with Crippen LogP contribution in [0.2, 0.25) is 0 Å². The van der Waals surface area contributed by atoms with Crippen LogP contribution < -0.4 is 0 Å². The normalized spacial score (nSPS) is 17.7. The molecular formula is C12H12BrNO3S. The highest BCUT2D eigenvalue weighted by molar-refractivity contribution is 9.10. The van der Waals surface area contributed by atoms with E-state index in [1.165, 1.54) is 0 Å². The summed E-state index contributed by atoms with van der Waals surface area (Å²) in [6.45, 7) is 0. The molecule has 4 nitrogen and oxygen atoms in total. The van der Waals surface area contributed by atoms with E-state index in [0.29, 0.717) is 22.9 Å². The predicted molar refractivity (Wildman–Crippen MR) is 70.9 cm³/mol. The summed E-state index contributed by atoms with van der Waals surface area (Å²) in [4.78, 5) is 14.7. The van der Waals surface area contributed by atoms with Crippen LogP contribution in [-0.4, -0.2) is 20.8 Å². The molecule has 1 saturated carbocycles. The third kappa shape index (κ3) is 2.16. The minimum atomic E-state index is -3.35. The van der Waals surface area contributed by atoms with Crippen LogP contribution in [0.4, 0.5) is 0 Å². The Labute approximate surface area is 114 Å². The van der Waals surface area contributed by atoms with E-state index in [4.69, 9.17) is 0 Å². The van der Waals surface area contributed by atoms with Crippen LogP contribution in [0.1, 0.15) is 24.8 Å². The summed E-state index contributed by atoms with van der Waals surface area (Å²) in [5, 5.41) is 0. The average Bonchev–Trinajstić information content (AvgIpc) is 2.22. The Kier molecular flexibility index (Phi) is 3.45. The van der Waals surface area contributed by atoms with Crippen LogP contribution >= 0.6 is 15.9 Å². The molecule has 1 aromatic rings. The molecule has 0 aliphatic heterocycles. The SMILES string of the molecule is CS(=O)(=O)c1cccc(Br)c1C1(N=C=O)CCC1. The van der Waals surface area contributed by atoms with Gasteiger partial charge >= 0.3 is 0 Å². The molecule has 0 spiro atoms. The Balaban J connectivity index is 2.74. The van der Waals surface area contributed by atoms with Crippen LogP contribution in [-0.2, 0) is 20.2 Å². The van der Waals surface area contributed by atoms with Gasteiger partial charge in [-0.2, -0.15) is 4.99 Å². The molecule has 0 amide bonds. The molecule has 0 N–H and O–H groups in total. The molecule has 1 aliphatic carbocycles. The van der Waals surface area contributed by atoms with Crippen molar-refractivity contribution in [2.75, 3.05) is 6.26 Å². The predicted octanol–water partition coefficient (Wildman–Crippen LogP) is 2.57. The molecule has 0 heterocycles. The molecule has 0 saturated heterocycles. The summed E-state index contributed by atoms with van der Waals surface area (Å²) >= 11 is 3.37. The number of hydrogen-bond acceptors (Lipinski definition) is 4. The van der Waals surface area contributed by atoms with Crippen molar-refractivity contribution in [3.63, 3.8) is 0 Å². The number of aliphatic imine (C=N–C) groups is 1. The molecule has 0 bridgehead atoms. The summed E-state index contributed by atoms with van der Waals surface area (Å²) in [6, 6.07) is 4.99. The number of halogens is 1. The summed E-state index contributed by atoms with van der Waals surface area (Å²) in [5.74, 6) is 0. The van der Waals surface area contributed by atoms with Gasteiger partial charge in [-0.15, -0.1) is 0 Å². The largest absolute Gasteiger partial charge is 0.235 e. The monoisotopic (exact) mass is 329 g/mol. The van der Waals surface area contributed by atoms with E-state index < -0.39 is 15.4 Å². The number of sulfone groups is 1. The average molecular weight is 330 g/mol. The molecule has 6 heteroatoms. The topological polar surface area (TPSA) is 63.6 Å². The van der Waals surface area contributed by atoms with Gasteiger partial charge in [-0.3, -0.25) is 0 Å². The van der Waals surface area contributed by atoms with Crippen molar-refractivity contribution in [2.24, 2.45) is 4.99 Å². The third-order valence-electron chi connectivity index (χ3n) is 3.28. The zero-order valence-corrected chi connectivity index (χ0v) is 12.2. The Bertz CT molecular complexity index is 629. The lowest BCUT2D eigenvalue weighted by molar-refractivity contribution is 0.250. The fraction of sp³-hybridized carbons (Fsp3) is 0.417. The highest BCUT2D eigenvalue weighted by Crippen LogP contribution is 2.49. The first kappa shape index (κ1) is 13.5. The lowest BCUT2D eigenvalue weighted by Gasteiger charge is -2.38. The Morgan fingerprint density at radius 2 is 2.06 bits per heavy atom. The molecule has 0 unspecified atom stereocenters. The zero-order chi connectivity index (χ0) is 13.4. The van der Waals surface area contributed by atoms with Gasteiger partial charge in [0, 0.05) is 16.3 Å². The van der Waals surface area contributed by atoms with Gasteiger partial charge in [0.05, 0.1) is 4.90 Å². The van der Waals surface area contributed by atoms with Crippen molar-refractivity contribution in [3.05, 3.63) is 28.2 Å². The van der Waals surface area contributed by atoms with Crippen molar-refractivity contribution in [3.8, 4) is 0 Å². The second-order valence-electron chi connectivity index (χ2n) is 4.47. The number of carbonyl (C=O) groups excluding carboxylic acids is 1. The maximum atomic E-state index is 11.8. The molecule has 1 fully saturated rings. The van der Waals surface area contributed by atoms with Gasteiger partial charge in [-0.25, -0.2) is 13.2 Å². The van der Waals surface area contributed by atoms with E-state index in [0.717, 1.165) is 12.7 Å². The van der Waals surface area contributed by atoms with Gasteiger partial charge in [0.25, 0.3) is 0 Å². The lowest BCUT2D eigenvalue weighted by Crippen LogP contribution is -2.34. The molecule has 1 aromatic carbocycles. The smallest absolute Gasteiger partial charge is 0.224 e. The van der Waals surface area contributed by atoms with Gasteiger partial charge in [0.15, 0.2) is 9.84 Å². The summed E-state index contributed by atoms with van der Waals surface area (Å²) in [5.41, 5.74) is -0.137. The minimum absolute atomic E-state index is 0.232. The summed E-state index contributed by atoms with van der Waals surface area (Å²) in [7, 11) is -3.35. The van der Waals surface area contributed by atoms with E-state index in [-0.39, 0.29) is 4.90 Å². The highest BCUT2D eigenvalue weighted by atomic mass is 79.9. The van der Waals surface area contributed by atoms with E-state index in [1.54, 1.807) is 24.3 Å². The number of rotatable bonds is 3. The minimum Gasteiger partial charge on any atom is -0.224 e. The van der Waals surface area contributed by atoms with Gasteiger partial charge in [0.2, 0.25) is 6.08 Å². The fourth-order valence-corrected chi connectivity index (χ4v) is 4.14. The second-order valence-corrected chi connectivity index (χ2v) is 7.31. The Hall–Kier alpha value is -0.970. The number of nitrogens with zero attached hydrogens (tertiary/aromatic N) is 1. The number of hydrogen-bond donors (Lipinski definition) is 0. The molecule has 96 valence electrons. The Morgan fingerprint density at radius 1 is 1.39 bits per heavy atom. The molecule has 18 heavy (non-hydrogen) atoms. The fourth-order valence-electron chi connectivity index (χ4n) is 2.28. The van der Waals surface area contributed by atoms with Crippen molar-refractivity contribution in [2.45, 2.75) is 29.7 Å². The first-order valence-corrected chi connectivity index (χ1v) is 8.17. The molecule has 1 aliphatic rings. The maximum Gasteiger partial charge on any atom is 0.235 e. The number of benzene rings is 1. The molecule has 0 aromatic heterocycles. The maximum absolute atomic E-state index is 11.8.